The molecule has 2 N–H and O–H groups in total. The number of rotatable bonds is 10. The lowest BCUT2D eigenvalue weighted by Gasteiger charge is -2.26. The van der Waals surface area contributed by atoms with Gasteiger partial charge in [-0.1, -0.05) is 20.3 Å². The van der Waals surface area contributed by atoms with E-state index in [4.69, 9.17) is 4.74 Å². The second-order valence-electron chi connectivity index (χ2n) is 6.41. The van der Waals surface area contributed by atoms with Crippen LogP contribution in [0.1, 0.15) is 46.0 Å². The summed E-state index contributed by atoms with van der Waals surface area (Å²) in [5, 5.41) is 18.7. The first-order valence-corrected chi connectivity index (χ1v) is 8.40. The van der Waals surface area contributed by atoms with Crippen molar-refractivity contribution in [1.29, 1.82) is 0 Å². The van der Waals surface area contributed by atoms with Crippen molar-refractivity contribution in [3.8, 4) is 0 Å². The molecule has 0 radical (unpaired) electrons. The van der Waals surface area contributed by atoms with Crippen molar-refractivity contribution in [2.75, 3.05) is 32.8 Å². The first-order chi connectivity index (χ1) is 10.9. The van der Waals surface area contributed by atoms with Crippen LogP contribution in [0.4, 0.5) is 0 Å². The van der Waals surface area contributed by atoms with Gasteiger partial charge in [0.15, 0.2) is 0 Å². The molecule has 0 aromatic rings. The summed E-state index contributed by atoms with van der Waals surface area (Å²) in [6.45, 7) is 8.04. The minimum Gasteiger partial charge on any atom is -0.478 e. The first kappa shape index (κ1) is 19.6. The Kier molecular flexibility index (Phi) is 8.87. The van der Waals surface area contributed by atoms with Crippen molar-refractivity contribution in [2.45, 2.75) is 46.0 Å². The number of carboxylic acids is 2. The minimum atomic E-state index is -1.10. The maximum atomic E-state index is 11.5. The predicted molar refractivity (Wildman–Crippen MR) is 87.5 cm³/mol. The molecule has 1 aliphatic heterocycles. The highest BCUT2D eigenvalue weighted by atomic mass is 16.5. The molecule has 6 heteroatoms. The van der Waals surface area contributed by atoms with Crippen molar-refractivity contribution < 1.29 is 24.5 Å². The van der Waals surface area contributed by atoms with Crippen molar-refractivity contribution in [2.24, 2.45) is 5.92 Å². The van der Waals surface area contributed by atoms with Crippen molar-refractivity contribution in [3.63, 3.8) is 0 Å². The average molecular weight is 327 g/mol. The Hall–Kier alpha value is -1.40. The molecule has 0 saturated carbocycles. The van der Waals surface area contributed by atoms with Crippen molar-refractivity contribution >= 4 is 11.9 Å². The van der Waals surface area contributed by atoms with Crippen LogP contribution in [0, 0.1) is 5.92 Å². The van der Waals surface area contributed by atoms with Gasteiger partial charge >= 0.3 is 11.9 Å². The molecule has 0 unspecified atom stereocenters. The highest BCUT2D eigenvalue weighted by Gasteiger charge is 2.20. The normalized spacial score (nSPS) is 17.2. The van der Waals surface area contributed by atoms with Gasteiger partial charge in [-0.3, -0.25) is 4.90 Å². The van der Waals surface area contributed by atoms with Crippen LogP contribution in [0.25, 0.3) is 0 Å². The van der Waals surface area contributed by atoms with Gasteiger partial charge in [-0.25, -0.2) is 9.59 Å². The third-order valence-electron chi connectivity index (χ3n) is 4.09. The average Bonchev–Trinajstić information content (AvgIpc) is 2.49. The Labute approximate surface area is 138 Å². The van der Waals surface area contributed by atoms with Crippen molar-refractivity contribution in [3.05, 3.63) is 11.1 Å². The first-order valence-electron chi connectivity index (χ1n) is 8.40. The van der Waals surface area contributed by atoms with Gasteiger partial charge in [-0.15, -0.1) is 0 Å². The van der Waals surface area contributed by atoms with Crippen LogP contribution in [-0.4, -0.2) is 59.9 Å². The summed E-state index contributed by atoms with van der Waals surface area (Å²) in [6, 6.07) is 0. The fourth-order valence-electron chi connectivity index (χ4n) is 2.77. The number of aliphatic carboxylic acids is 2. The SMILES string of the molecule is CC(C)CCC/C(C(=O)O)=C(/CCCN1CCOCC1)C(=O)O. The Morgan fingerprint density at radius 2 is 1.52 bits per heavy atom. The number of hydrogen-bond acceptors (Lipinski definition) is 4. The summed E-state index contributed by atoms with van der Waals surface area (Å²) in [5.41, 5.74) is 0.134. The zero-order valence-electron chi connectivity index (χ0n) is 14.2. The molecule has 23 heavy (non-hydrogen) atoms. The summed E-state index contributed by atoms with van der Waals surface area (Å²) in [7, 11) is 0. The van der Waals surface area contributed by atoms with E-state index in [-0.39, 0.29) is 11.1 Å². The van der Waals surface area contributed by atoms with E-state index in [1.54, 1.807) is 0 Å². The standard InChI is InChI=1S/C17H29NO5/c1-13(2)5-3-6-14(16(19)20)15(17(21)22)7-4-8-18-9-11-23-12-10-18/h13H,3-12H2,1-2H3,(H,19,20)(H,21,22)/b15-14+. The molecule has 0 aliphatic carbocycles. The van der Waals surface area contributed by atoms with E-state index in [1.165, 1.54) is 0 Å². The molecule has 0 bridgehead atoms. The van der Waals surface area contributed by atoms with Gasteiger partial charge in [0.2, 0.25) is 0 Å². The Morgan fingerprint density at radius 3 is 2.00 bits per heavy atom. The van der Waals surface area contributed by atoms with Gasteiger partial charge in [0.1, 0.15) is 0 Å². The molecule has 1 heterocycles. The molecule has 1 fully saturated rings. The quantitative estimate of drug-likeness (QED) is 0.599. The largest absolute Gasteiger partial charge is 0.478 e. The summed E-state index contributed by atoms with van der Waals surface area (Å²) >= 11 is 0. The van der Waals surface area contributed by atoms with Crippen LogP contribution in [0.5, 0.6) is 0 Å². The van der Waals surface area contributed by atoms with Gasteiger partial charge in [0, 0.05) is 24.2 Å². The fraction of sp³-hybridized carbons (Fsp3) is 0.765. The lowest BCUT2D eigenvalue weighted by Crippen LogP contribution is -2.36. The molecule has 0 amide bonds. The number of carbonyl (C=O) groups is 2. The smallest absolute Gasteiger partial charge is 0.332 e. The fourth-order valence-corrected chi connectivity index (χ4v) is 2.77. The summed E-state index contributed by atoms with van der Waals surface area (Å²) < 4.78 is 5.28. The van der Waals surface area contributed by atoms with Gasteiger partial charge in [-0.05, 0) is 38.1 Å². The van der Waals surface area contributed by atoms with Crippen LogP contribution >= 0.6 is 0 Å². The van der Waals surface area contributed by atoms with E-state index in [2.05, 4.69) is 18.7 Å². The molecule has 1 aliphatic rings. The zero-order chi connectivity index (χ0) is 17.2. The Morgan fingerprint density at radius 1 is 1.00 bits per heavy atom. The predicted octanol–water partition coefficient (Wildman–Crippen LogP) is 2.39. The molecule has 6 nitrogen and oxygen atoms in total. The number of ether oxygens (including phenoxy) is 1. The molecule has 132 valence electrons. The van der Waals surface area contributed by atoms with Crippen LogP contribution in [0.3, 0.4) is 0 Å². The molecule has 0 aromatic heterocycles. The molecule has 0 spiro atoms. The van der Waals surface area contributed by atoms with E-state index in [9.17, 15) is 19.8 Å². The molecule has 0 atom stereocenters. The van der Waals surface area contributed by atoms with E-state index < -0.39 is 11.9 Å². The lowest BCUT2D eigenvalue weighted by molar-refractivity contribution is -0.136. The second kappa shape index (κ2) is 10.4. The highest BCUT2D eigenvalue weighted by molar-refractivity contribution is 5.98. The minimum absolute atomic E-state index is 0.0644. The van der Waals surface area contributed by atoms with Gasteiger partial charge in [0.05, 0.1) is 13.2 Å². The van der Waals surface area contributed by atoms with Gasteiger partial charge < -0.3 is 14.9 Å². The van der Waals surface area contributed by atoms with Crippen LogP contribution in [0.15, 0.2) is 11.1 Å². The van der Waals surface area contributed by atoms with E-state index in [1.807, 2.05) is 0 Å². The summed E-state index contributed by atoms with van der Waals surface area (Å²) in [5.74, 6) is -1.72. The summed E-state index contributed by atoms with van der Waals surface area (Å²) in [6.07, 6.45) is 2.89. The van der Waals surface area contributed by atoms with Crippen molar-refractivity contribution in [1.82, 2.24) is 4.90 Å². The number of hydrogen-bond donors (Lipinski definition) is 2. The van der Waals surface area contributed by atoms with Gasteiger partial charge in [-0.2, -0.15) is 0 Å². The van der Waals surface area contributed by atoms with Crippen LogP contribution in [0.2, 0.25) is 0 Å². The Bertz CT molecular complexity index is 425. The third kappa shape index (κ3) is 7.61. The van der Waals surface area contributed by atoms with Gasteiger partial charge in [0.25, 0.3) is 0 Å². The zero-order valence-corrected chi connectivity index (χ0v) is 14.2. The van der Waals surface area contributed by atoms with E-state index in [0.29, 0.717) is 44.8 Å². The second-order valence-corrected chi connectivity index (χ2v) is 6.41. The maximum Gasteiger partial charge on any atom is 0.332 e. The monoisotopic (exact) mass is 327 g/mol. The molecule has 1 saturated heterocycles. The summed E-state index contributed by atoms with van der Waals surface area (Å²) in [4.78, 5) is 25.1. The van der Waals surface area contributed by atoms with E-state index in [0.717, 1.165) is 26.1 Å². The molecular formula is C17H29NO5. The van der Waals surface area contributed by atoms with Crippen LogP contribution in [-0.2, 0) is 14.3 Å². The lowest BCUT2D eigenvalue weighted by atomic mass is 9.96. The number of morpholine rings is 1. The molecule has 0 aromatic carbocycles. The molecular weight excluding hydrogens is 298 g/mol. The number of carboxylic acid groups (broad SMARTS) is 2. The van der Waals surface area contributed by atoms with Crippen LogP contribution < -0.4 is 0 Å². The molecule has 1 rings (SSSR count). The third-order valence-corrected chi connectivity index (χ3v) is 4.09. The Balaban J connectivity index is 2.62. The highest BCUT2D eigenvalue weighted by Crippen LogP contribution is 2.20. The number of nitrogens with zero attached hydrogens (tertiary/aromatic N) is 1. The topological polar surface area (TPSA) is 87.1 Å². The van der Waals surface area contributed by atoms with E-state index >= 15 is 0 Å². The maximum absolute atomic E-state index is 11.5.